The molecule has 0 amide bonds. The molecule has 0 saturated heterocycles. The molecule has 0 fully saturated rings. The average molecular weight is 302 g/mol. The lowest BCUT2D eigenvalue weighted by atomic mass is 9.93. The van der Waals surface area contributed by atoms with Crippen molar-refractivity contribution in [2.75, 3.05) is 0 Å². The highest BCUT2D eigenvalue weighted by Gasteiger charge is 2.09. The molecule has 0 atom stereocenters. The first-order valence-electron chi connectivity index (χ1n) is 8.82. The number of aldehydes is 2. The Morgan fingerprint density at radius 2 is 1.09 bits per heavy atom. The Labute approximate surface area is 135 Å². The number of rotatable bonds is 12. The van der Waals surface area contributed by atoms with Gasteiger partial charge in [0.15, 0.2) is 0 Å². The van der Waals surface area contributed by atoms with Gasteiger partial charge in [-0.3, -0.25) is 9.59 Å². The van der Waals surface area contributed by atoms with Crippen LogP contribution >= 0.6 is 0 Å². The summed E-state index contributed by atoms with van der Waals surface area (Å²) in [4.78, 5) is 22.7. The van der Waals surface area contributed by atoms with Crippen LogP contribution in [0, 0.1) is 0 Å². The highest BCUT2D eigenvalue weighted by atomic mass is 16.1. The number of carbonyl (C=O) groups excluding carboxylic acids is 2. The third-order valence-electron chi connectivity index (χ3n) is 4.25. The SMILES string of the molecule is CCCCCCc1cc(C=O)c(CCCCCC)cc1C=O. The first-order chi connectivity index (χ1) is 10.8. The van der Waals surface area contributed by atoms with Crippen molar-refractivity contribution in [1.29, 1.82) is 0 Å². The number of hydrogen-bond acceptors (Lipinski definition) is 2. The molecular weight excluding hydrogens is 272 g/mol. The standard InChI is InChI=1S/C20H30O2/c1-3-5-7-9-11-17-13-20(16-22)18(14-19(17)15-21)12-10-8-6-4-2/h13-16H,3-12H2,1-2H3. The predicted octanol–water partition coefficient (Wildman–Crippen LogP) is 5.56. The van der Waals surface area contributed by atoms with E-state index in [1.807, 2.05) is 12.1 Å². The van der Waals surface area contributed by atoms with Crippen LogP contribution < -0.4 is 0 Å². The lowest BCUT2D eigenvalue weighted by Crippen LogP contribution is -2.01. The van der Waals surface area contributed by atoms with Gasteiger partial charge in [0.05, 0.1) is 0 Å². The molecule has 1 aromatic rings. The summed E-state index contributed by atoms with van der Waals surface area (Å²) in [5.74, 6) is 0. The average Bonchev–Trinajstić information content (AvgIpc) is 2.55. The van der Waals surface area contributed by atoms with Gasteiger partial charge in [0.2, 0.25) is 0 Å². The Morgan fingerprint density at radius 1 is 0.682 bits per heavy atom. The summed E-state index contributed by atoms with van der Waals surface area (Å²) in [5, 5.41) is 0. The van der Waals surface area contributed by atoms with Crippen LogP contribution in [-0.4, -0.2) is 12.6 Å². The largest absolute Gasteiger partial charge is 0.298 e. The van der Waals surface area contributed by atoms with Crippen molar-refractivity contribution in [3.05, 3.63) is 34.4 Å². The Hall–Kier alpha value is -1.44. The van der Waals surface area contributed by atoms with E-state index < -0.39 is 0 Å². The third kappa shape index (κ3) is 6.13. The van der Waals surface area contributed by atoms with Gasteiger partial charge in [-0.05, 0) is 48.9 Å². The minimum Gasteiger partial charge on any atom is -0.298 e. The van der Waals surface area contributed by atoms with E-state index in [2.05, 4.69) is 13.8 Å². The van der Waals surface area contributed by atoms with Gasteiger partial charge in [0.25, 0.3) is 0 Å². The van der Waals surface area contributed by atoms with Crippen molar-refractivity contribution in [3.63, 3.8) is 0 Å². The molecule has 0 bridgehead atoms. The second-order valence-electron chi connectivity index (χ2n) is 6.11. The van der Waals surface area contributed by atoms with Crippen LogP contribution in [0.4, 0.5) is 0 Å². The quantitative estimate of drug-likeness (QED) is 0.374. The first kappa shape index (κ1) is 18.6. The zero-order valence-electron chi connectivity index (χ0n) is 14.2. The van der Waals surface area contributed by atoms with E-state index in [1.54, 1.807) is 0 Å². The maximum Gasteiger partial charge on any atom is 0.150 e. The summed E-state index contributed by atoms with van der Waals surface area (Å²) in [6.45, 7) is 4.38. The van der Waals surface area contributed by atoms with E-state index in [1.165, 1.54) is 38.5 Å². The molecule has 0 radical (unpaired) electrons. The molecule has 0 aliphatic rings. The van der Waals surface area contributed by atoms with Gasteiger partial charge < -0.3 is 0 Å². The molecule has 0 aliphatic heterocycles. The number of aryl methyl sites for hydroxylation is 2. The molecule has 122 valence electrons. The van der Waals surface area contributed by atoms with E-state index in [0.29, 0.717) is 0 Å². The van der Waals surface area contributed by atoms with Crippen molar-refractivity contribution < 1.29 is 9.59 Å². The maximum atomic E-state index is 11.4. The van der Waals surface area contributed by atoms with Crippen LogP contribution in [0.3, 0.4) is 0 Å². The smallest absolute Gasteiger partial charge is 0.150 e. The summed E-state index contributed by atoms with van der Waals surface area (Å²) in [5.41, 5.74) is 3.61. The predicted molar refractivity (Wildman–Crippen MR) is 92.9 cm³/mol. The maximum absolute atomic E-state index is 11.4. The zero-order valence-corrected chi connectivity index (χ0v) is 14.2. The molecule has 2 heteroatoms. The molecule has 0 aliphatic carbocycles. The fourth-order valence-electron chi connectivity index (χ4n) is 2.86. The first-order valence-corrected chi connectivity index (χ1v) is 8.82. The molecule has 0 N–H and O–H groups in total. The molecule has 22 heavy (non-hydrogen) atoms. The molecule has 2 nitrogen and oxygen atoms in total. The Kier molecular flexibility index (Phi) is 9.45. The Morgan fingerprint density at radius 3 is 1.41 bits per heavy atom. The van der Waals surface area contributed by atoms with Crippen molar-refractivity contribution in [2.45, 2.75) is 78.1 Å². The van der Waals surface area contributed by atoms with Crippen LogP contribution in [0.15, 0.2) is 12.1 Å². The lowest BCUT2D eigenvalue weighted by molar-refractivity contribution is 0.111. The number of carbonyl (C=O) groups is 2. The van der Waals surface area contributed by atoms with Crippen LogP contribution in [0.2, 0.25) is 0 Å². The second kappa shape index (κ2) is 11.2. The fraction of sp³-hybridized carbons (Fsp3) is 0.600. The Balaban J connectivity index is 2.78. The van der Waals surface area contributed by atoms with Crippen LogP contribution in [0.25, 0.3) is 0 Å². The van der Waals surface area contributed by atoms with Gasteiger partial charge in [-0.15, -0.1) is 0 Å². The lowest BCUT2D eigenvalue weighted by Gasteiger charge is -2.11. The van der Waals surface area contributed by atoms with Crippen molar-refractivity contribution >= 4 is 12.6 Å². The minimum atomic E-state index is 0.771. The minimum absolute atomic E-state index is 0.771. The van der Waals surface area contributed by atoms with Gasteiger partial charge in [0.1, 0.15) is 12.6 Å². The molecule has 0 saturated carbocycles. The summed E-state index contributed by atoms with van der Waals surface area (Å²) < 4.78 is 0. The van der Waals surface area contributed by atoms with Gasteiger partial charge in [-0.2, -0.15) is 0 Å². The number of benzene rings is 1. The molecular formula is C20H30O2. The molecule has 0 unspecified atom stereocenters. The van der Waals surface area contributed by atoms with Crippen LogP contribution in [0.1, 0.15) is 97.1 Å². The normalized spacial score (nSPS) is 10.6. The van der Waals surface area contributed by atoms with Gasteiger partial charge in [-0.25, -0.2) is 0 Å². The van der Waals surface area contributed by atoms with E-state index in [9.17, 15) is 9.59 Å². The second-order valence-corrected chi connectivity index (χ2v) is 6.11. The topological polar surface area (TPSA) is 34.1 Å². The monoisotopic (exact) mass is 302 g/mol. The van der Waals surface area contributed by atoms with E-state index in [0.717, 1.165) is 60.5 Å². The van der Waals surface area contributed by atoms with E-state index in [4.69, 9.17) is 0 Å². The zero-order chi connectivity index (χ0) is 16.2. The summed E-state index contributed by atoms with van der Waals surface area (Å²) >= 11 is 0. The van der Waals surface area contributed by atoms with Crippen molar-refractivity contribution in [3.8, 4) is 0 Å². The van der Waals surface area contributed by atoms with Crippen LogP contribution in [0.5, 0.6) is 0 Å². The number of hydrogen-bond donors (Lipinski definition) is 0. The molecule has 1 rings (SSSR count). The molecule has 0 aromatic heterocycles. The van der Waals surface area contributed by atoms with Crippen molar-refractivity contribution in [1.82, 2.24) is 0 Å². The highest BCUT2D eigenvalue weighted by molar-refractivity contribution is 5.83. The van der Waals surface area contributed by atoms with Gasteiger partial charge >= 0.3 is 0 Å². The van der Waals surface area contributed by atoms with E-state index in [-0.39, 0.29) is 0 Å². The number of unbranched alkanes of at least 4 members (excludes halogenated alkanes) is 6. The molecule has 0 heterocycles. The molecule has 0 spiro atoms. The summed E-state index contributed by atoms with van der Waals surface area (Å²) in [6, 6.07) is 3.88. The highest BCUT2D eigenvalue weighted by Crippen LogP contribution is 2.20. The Bertz CT molecular complexity index is 419. The van der Waals surface area contributed by atoms with Gasteiger partial charge in [0, 0.05) is 11.1 Å². The van der Waals surface area contributed by atoms with Crippen molar-refractivity contribution in [2.24, 2.45) is 0 Å². The van der Waals surface area contributed by atoms with E-state index >= 15 is 0 Å². The van der Waals surface area contributed by atoms with Gasteiger partial charge in [-0.1, -0.05) is 52.4 Å². The van der Waals surface area contributed by atoms with Crippen LogP contribution in [-0.2, 0) is 12.8 Å². The summed E-state index contributed by atoms with van der Waals surface area (Å²) in [6.07, 6.45) is 13.1. The third-order valence-corrected chi connectivity index (χ3v) is 4.25. The molecule has 1 aromatic carbocycles. The fourth-order valence-corrected chi connectivity index (χ4v) is 2.86. The summed E-state index contributed by atoms with van der Waals surface area (Å²) in [7, 11) is 0.